The molecule has 1 aromatic rings. The molecule has 0 radical (unpaired) electrons. The van der Waals surface area contributed by atoms with E-state index in [9.17, 15) is 9.59 Å². The summed E-state index contributed by atoms with van der Waals surface area (Å²) in [6, 6.07) is 7.58. The molecule has 2 rings (SSSR count). The second-order valence-electron chi connectivity index (χ2n) is 4.95. The zero-order valence-electron chi connectivity index (χ0n) is 11.5. The van der Waals surface area contributed by atoms with Crippen LogP contribution in [0.5, 0.6) is 0 Å². The van der Waals surface area contributed by atoms with Crippen molar-refractivity contribution in [1.82, 2.24) is 5.32 Å². The number of benzene rings is 1. The van der Waals surface area contributed by atoms with Crippen LogP contribution >= 0.6 is 0 Å². The lowest BCUT2D eigenvalue weighted by Crippen LogP contribution is -2.42. The van der Waals surface area contributed by atoms with E-state index in [1.807, 2.05) is 12.1 Å². The first-order valence-electron chi connectivity index (χ1n) is 6.81. The third-order valence-corrected chi connectivity index (χ3v) is 3.36. The molecule has 1 N–H and O–H groups in total. The number of carbonyl (C=O) groups is 2. The molecule has 0 saturated carbocycles. The molecule has 1 atom stereocenters. The quantitative estimate of drug-likeness (QED) is 0.902. The summed E-state index contributed by atoms with van der Waals surface area (Å²) in [6.45, 7) is 4.32. The van der Waals surface area contributed by atoms with Crippen LogP contribution in [0.4, 0.5) is 5.69 Å². The Balaban J connectivity index is 2.19. The van der Waals surface area contributed by atoms with Crippen LogP contribution < -0.4 is 10.2 Å². The van der Waals surface area contributed by atoms with Crippen molar-refractivity contribution in [2.24, 2.45) is 0 Å². The smallest absolute Gasteiger partial charge is 0.249 e. The average molecular weight is 260 g/mol. The Bertz CT molecular complexity index is 468. The molecule has 0 bridgehead atoms. The molecule has 1 unspecified atom stereocenters. The Labute approximate surface area is 113 Å². The van der Waals surface area contributed by atoms with Crippen molar-refractivity contribution in [1.29, 1.82) is 0 Å². The van der Waals surface area contributed by atoms with Gasteiger partial charge in [0.25, 0.3) is 0 Å². The minimum absolute atomic E-state index is 0.0471. The maximum atomic E-state index is 12.2. The molecule has 2 amide bonds. The zero-order valence-corrected chi connectivity index (χ0v) is 11.5. The summed E-state index contributed by atoms with van der Waals surface area (Å²) in [5.41, 5.74) is 2.14. The summed E-state index contributed by atoms with van der Waals surface area (Å²) in [5, 5.41) is 2.69. The van der Waals surface area contributed by atoms with E-state index in [0.717, 1.165) is 18.5 Å². The lowest BCUT2D eigenvalue weighted by Gasteiger charge is -2.22. The minimum Gasteiger partial charge on any atom is -0.345 e. The highest BCUT2D eigenvalue weighted by atomic mass is 16.2. The predicted octanol–water partition coefficient (Wildman–Crippen LogP) is 1.88. The zero-order chi connectivity index (χ0) is 13.8. The van der Waals surface area contributed by atoms with Crippen molar-refractivity contribution in [2.45, 2.75) is 39.2 Å². The van der Waals surface area contributed by atoms with Gasteiger partial charge < -0.3 is 10.2 Å². The Hall–Kier alpha value is -1.84. The van der Waals surface area contributed by atoms with Gasteiger partial charge in [0.1, 0.15) is 6.04 Å². The van der Waals surface area contributed by atoms with Gasteiger partial charge in [0, 0.05) is 18.7 Å². The molecule has 0 aliphatic carbocycles. The number of aryl methyl sites for hydroxylation is 1. The topological polar surface area (TPSA) is 49.4 Å². The fourth-order valence-electron chi connectivity index (χ4n) is 2.32. The second-order valence-corrected chi connectivity index (χ2v) is 4.95. The van der Waals surface area contributed by atoms with Crippen LogP contribution in [0.15, 0.2) is 24.3 Å². The molecule has 1 aliphatic rings. The third kappa shape index (κ3) is 3.13. The van der Waals surface area contributed by atoms with Gasteiger partial charge in [-0.15, -0.1) is 0 Å². The molecule has 19 heavy (non-hydrogen) atoms. The highest BCUT2D eigenvalue weighted by molar-refractivity contribution is 6.00. The Kier molecular flexibility index (Phi) is 4.20. The maximum Gasteiger partial charge on any atom is 0.249 e. The maximum absolute atomic E-state index is 12.2. The van der Waals surface area contributed by atoms with Crippen molar-refractivity contribution in [2.75, 3.05) is 11.4 Å². The summed E-state index contributed by atoms with van der Waals surface area (Å²) in [6.07, 6.45) is 2.51. The van der Waals surface area contributed by atoms with Gasteiger partial charge >= 0.3 is 0 Å². The van der Waals surface area contributed by atoms with Crippen LogP contribution in [0.1, 0.15) is 32.3 Å². The number of nitrogens with one attached hydrogen (secondary N) is 1. The van der Waals surface area contributed by atoms with E-state index < -0.39 is 6.04 Å². The molecule has 1 aromatic carbocycles. The standard InChI is InChI=1S/C15H20N2O2/c1-3-4-12-5-7-13(8-6-12)17-10-9-14(18)16-11(2)15(17)19/h5-8,11H,3-4,9-10H2,1-2H3,(H,16,18). The van der Waals surface area contributed by atoms with Crippen LogP contribution in [-0.2, 0) is 16.0 Å². The first-order valence-corrected chi connectivity index (χ1v) is 6.81. The summed E-state index contributed by atoms with van der Waals surface area (Å²) < 4.78 is 0. The van der Waals surface area contributed by atoms with Gasteiger partial charge in [-0.3, -0.25) is 9.59 Å². The first-order chi connectivity index (χ1) is 9.11. The van der Waals surface area contributed by atoms with E-state index >= 15 is 0 Å². The van der Waals surface area contributed by atoms with Crippen molar-refractivity contribution >= 4 is 17.5 Å². The first kappa shape index (κ1) is 13.6. The van der Waals surface area contributed by atoms with Crippen molar-refractivity contribution < 1.29 is 9.59 Å². The van der Waals surface area contributed by atoms with Gasteiger partial charge in [-0.25, -0.2) is 0 Å². The van der Waals surface area contributed by atoms with Crippen molar-refractivity contribution in [3.63, 3.8) is 0 Å². The fraction of sp³-hybridized carbons (Fsp3) is 0.467. The Morgan fingerprint density at radius 3 is 2.58 bits per heavy atom. The second kappa shape index (κ2) is 5.87. The van der Waals surface area contributed by atoms with Crippen LogP contribution in [-0.4, -0.2) is 24.4 Å². The van der Waals surface area contributed by atoms with Gasteiger partial charge in [-0.05, 0) is 31.0 Å². The molecule has 0 aromatic heterocycles. The summed E-state index contributed by atoms with van der Waals surface area (Å²) in [4.78, 5) is 25.4. The van der Waals surface area contributed by atoms with Gasteiger partial charge in [0.2, 0.25) is 11.8 Å². The number of hydrogen-bond acceptors (Lipinski definition) is 2. The van der Waals surface area contributed by atoms with E-state index in [4.69, 9.17) is 0 Å². The Morgan fingerprint density at radius 1 is 1.26 bits per heavy atom. The molecular weight excluding hydrogens is 240 g/mol. The van der Waals surface area contributed by atoms with Gasteiger partial charge in [0.15, 0.2) is 0 Å². The minimum atomic E-state index is -0.453. The summed E-state index contributed by atoms with van der Waals surface area (Å²) in [7, 11) is 0. The molecule has 102 valence electrons. The summed E-state index contributed by atoms with van der Waals surface area (Å²) in [5.74, 6) is -0.111. The van der Waals surface area contributed by atoms with Crippen molar-refractivity contribution in [3.05, 3.63) is 29.8 Å². The number of hydrogen-bond donors (Lipinski definition) is 1. The van der Waals surface area contributed by atoms with E-state index in [-0.39, 0.29) is 11.8 Å². The molecule has 1 aliphatic heterocycles. The number of rotatable bonds is 3. The molecule has 1 heterocycles. The summed E-state index contributed by atoms with van der Waals surface area (Å²) >= 11 is 0. The van der Waals surface area contributed by atoms with E-state index in [2.05, 4.69) is 24.4 Å². The lowest BCUT2D eigenvalue weighted by atomic mass is 10.1. The fourth-order valence-corrected chi connectivity index (χ4v) is 2.32. The molecule has 0 spiro atoms. The number of amides is 2. The molecule has 4 nitrogen and oxygen atoms in total. The number of nitrogens with zero attached hydrogens (tertiary/aromatic N) is 1. The van der Waals surface area contributed by atoms with Crippen LogP contribution in [0, 0.1) is 0 Å². The van der Waals surface area contributed by atoms with Gasteiger partial charge in [-0.2, -0.15) is 0 Å². The molecule has 1 saturated heterocycles. The van der Waals surface area contributed by atoms with Gasteiger partial charge in [-0.1, -0.05) is 25.5 Å². The van der Waals surface area contributed by atoms with Crippen LogP contribution in [0.25, 0.3) is 0 Å². The SMILES string of the molecule is CCCc1ccc(N2CCC(=O)NC(C)C2=O)cc1. The van der Waals surface area contributed by atoms with Gasteiger partial charge in [0.05, 0.1) is 0 Å². The largest absolute Gasteiger partial charge is 0.345 e. The van der Waals surface area contributed by atoms with Crippen LogP contribution in [0.2, 0.25) is 0 Å². The van der Waals surface area contributed by atoms with E-state index in [1.165, 1.54) is 5.56 Å². The van der Waals surface area contributed by atoms with E-state index in [1.54, 1.807) is 11.8 Å². The average Bonchev–Trinajstić information content (AvgIpc) is 2.52. The number of anilines is 1. The molecular formula is C15H20N2O2. The van der Waals surface area contributed by atoms with Crippen molar-refractivity contribution in [3.8, 4) is 0 Å². The lowest BCUT2D eigenvalue weighted by molar-refractivity contribution is -0.125. The predicted molar refractivity (Wildman–Crippen MR) is 75.0 cm³/mol. The third-order valence-electron chi connectivity index (χ3n) is 3.36. The Morgan fingerprint density at radius 2 is 1.95 bits per heavy atom. The molecule has 1 fully saturated rings. The highest BCUT2D eigenvalue weighted by Gasteiger charge is 2.27. The molecule has 4 heteroatoms. The normalized spacial score (nSPS) is 20.1. The van der Waals surface area contributed by atoms with E-state index in [0.29, 0.717) is 13.0 Å². The highest BCUT2D eigenvalue weighted by Crippen LogP contribution is 2.19. The number of carbonyl (C=O) groups excluding carboxylic acids is 2. The monoisotopic (exact) mass is 260 g/mol. The van der Waals surface area contributed by atoms with Crippen LogP contribution in [0.3, 0.4) is 0 Å².